The number of nitrogens with two attached hydrogens (primary N) is 1. The van der Waals surface area contributed by atoms with Crippen LogP contribution >= 0.6 is 0 Å². The summed E-state index contributed by atoms with van der Waals surface area (Å²) in [4.78, 5) is 40.1. The summed E-state index contributed by atoms with van der Waals surface area (Å²) < 4.78 is 1.50. The minimum Gasteiger partial charge on any atom is -0.384 e. The molecule has 0 saturated carbocycles. The average Bonchev–Trinajstić information content (AvgIpc) is 3.33. The summed E-state index contributed by atoms with van der Waals surface area (Å²) in [7, 11) is 0. The number of Topliss-reactive ketones (excluding diaryl/α,β-unsaturated/α-hetero) is 1. The number of carbonyl (C=O) groups is 2. The van der Waals surface area contributed by atoms with Crippen LogP contribution in [0.1, 0.15) is 48.7 Å². The van der Waals surface area contributed by atoms with Crippen LogP contribution < -0.4 is 5.73 Å². The molecule has 0 bridgehead atoms. The number of aliphatic hydroxyl groups excluding tert-OH is 1. The van der Waals surface area contributed by atoms with Crippen molar-refractivity contribution in [1.29, 1.82) is 0 Å². The van der Waals surface area contributed by atoms with Crippen LogP contribution in [0, 0.1) is 0 Å². The van der Waals surface area contributed by atoms with Gasteiger partial charge in [-0.05, 0) is 44.9 Å². The van der Waals surface area contributed by atoms with E-state index in [0.717, 1.165) is 22.4 Å². The molecule has 1 unspecified atom stereocenters. The summed E-state index contributed by atoms with van der Waals surface area (Å²) in [6.07, 6.45) is 7.11. The van der Waals surface area contributed by atoms with Gasteiger partial charge in [-0.2, -0.15) is 9.61 Å². The molecular weight excluding hydrogens is 458 g/mol. The molecule has 0 radical (unpaired) electrons. The van der Waals surface area contributed by atoms with Crippen LogP contribution in [0.25, 0.3) is 28.0 Å². The van der Waals surface area contributed by atoms with E-state index in [4.69, 9.17) is 10.7 Å². The van der Waals surface area contributed by atoms with Gasteiger partial charge in [-0.15, -0.1) is 0 Å². The maximum atomic E-state index is 12.6. The number of amides is 1. The molecular formula is C26H27N7O3. The van der Waals surface area contributed by atoms with Crippen molar-refractivity contribution in [1.82, 2.24) is 29.5 Å². The Hall–Kier alpha value is -4.18. The summed E-state index contributed by atoms with van der Waals surface area (Å²) >= 11 is 0. The highest BCUT2D eigenvalue weighted by atomic mass is 16.3. The third kappa shape index (κ3) is 4.20. The zero-order valence-electron chi connectivity index (χ0n) is 20.1. The molecule has 0 aromatic carbocycles. The average molecular weight is 486 g/mol. The Morgan fingerprint density at radius 2 is 1.89 bits per heavy atom. The Morgan fingerprint density at radius 1 is 1.11 bits per heavy atom. The highest BCUT2D eigenvalue weighted by molar-refractivity contribution is 6.00. The van der Waals surface area contributed by atoms with E-state index < -0.39 is 6.10 Å². The van der Waals surface area contributed by atoms with Crippen molar-refractivity contribution in [3.63, 3.8) is 0 Å². The number of nitrogen functional groups attached to an aromatic ring is 1. The van der Waals surface area contributed by atoms with E-state index in [-0.39, 0.29) is 23.4 Å². The molecule has 10 nitrogen and oxygen atoms in total. The highest BCUT2D eigenvalue weighted by Gasteiger charge is 2.31. The normalized spacial score (nSPS) is 15.2. The molecule has 1 aliphatic heterocycles. The number of anilines is 1. The molecule has 1 atom stereocenters. The van der Waals surface area contributed by atoms with Crippen molar-refractivity contribution in [3.05, 3.63) is 60.3 Å². The number of rotatable bonds is 5. The van der Waals surface area contributed by atoms with E-state index in [1.165, 1.54) is 18.4 Å². The lowest BCUT2D eigenvalue weighted by molar-refractivity contribution is -0.140. The summed E-state index contributed by atoms with van der Waals surface area (Å²) in [6.45, 7) is 3.90. The van der Waals surface area contributed by atoms with Crippen LogP contribution in [0.5, 0.6) is 0 Å². The molecule has 4 aromatic heterocycles. The van der Waals surface area contributed by atoms with Gasteiger partial charge >= 0.3 is 0 Å². The van der Waals surface area contributed by atoms with Crippen molar-refractivity contribution in [3.8, 4) is 22.4 Å². The molecule has 10 heteroatoms. The second-order valence-corrected chi connectivity index (χ2v) is 9.06. The van der Waals surface area contributed by atoms with Crippen LogP contribution in [0.2, 0.25) is 0 Å². The lowest BCUT2D eigenvalue weighted by atomic mass is 9.89. The Morgan fingerprint density at radius 3 is 2.50 bits per heavy atom. The van der Waals surface area contributed by atoms with E-state index in [9.17, 15) is 14.7 Å². The van der Waals surface area contributed by atoms with E-state index in [0.29, 0.717) is 42.8 Å². The number of fused-ring (bicyclic) bond motifs is 1. The molecule has 0 aliphatic carbocycles. The van der Waals surface area contributed by atoms with Gasteiger partial charge in [0.2, 0.25) is 0 Å². The lowest BCUT2D eigenvalue weighted by Gasteiger charge is -2.33. The quantitative estimate of drug-likeness (QED) is 0.411. The Balaban J connectivity index is 1.52. The van der Waals surface area contributed by atoms with Crippen molar-refractivity contribution in [2.75, 3.05) is 18.8 Å². The summed E-state index contributed by atoms with van der Waals surface area (Å²) in [5, 5.41) is 14.1. The zero-order chi connectivity index (χ0) is 25.4. The highest BCUT2D eigenvalue weighted by Crippen LogP contribution is 2.35. The van der Waals surface area contributed by atoms with E-state index in [2.05, 4.69) is 15.1 Å². The minimum absolute atomic E-state index is 0.0527. The second kappa shape index (κ2) is 9.46. The molecule has 1 amide bonds. The number of nitrogens with zero attached hydrogens (tertiary/aromatic N) is 6. The van der Waals surface area contributed by atoms with Crippen molar-refractivity contribution in [2.45, 2.75) is 38.7 Å². The maximum Gasteiger partial charge on any atom is 0.251 e. The second-order valence-electron chi connectivity index (χ2n) is 9.06. The number of piperidine rings is 1. The SMILES string of the molecule is CC(=O)c1c(C2CCN(C(=O)C(C)O)CC2)nc2c(-c3ccc(-c4cccnc4)nc3)cnn2c1N. The van der Waals surface area contributed by atoms with Crippen molar-refractivity contribution >= 4 is 23.2 Å². The van der Waals surface area contributed by atoms with E-state index in [1.807, 2.05) is 24.3 Å². The largest absolute Gasteiger partial charge is 0.384 e. The first-order valence-corrected chi connectivity index (χ1v) is 11.9. The van der Waals surface area contributed by atoms with Crippen molar-refractivity contribution in [2.24, 2.45) is 0 Å². The van der Waals surface area contributed by atoms with Crippen LogP contribution in [-0.2, 0) is 4.79 Å². The number of aliphatic hydroxyl groups is 1. The van der Waals surface area contributed by atoms with Gasteiger partial charge in [-0.1, -0.05) is 6.07 Å². The molecule has 0 spiro atoms. The standard InChI is InChI=1S/C26H27N7O3/c1-15(34)22-23(17-7-10-32(11-8-17)26(36)16(2)35)31-25-20(14-30-33(25)24(22)27)18-5-6-21(29-13-18)19-4-3-9-28-12-19/h3-6,9,12-14,16-17,35H,7-8,10-11,27H2,1-2H3. The number of likely N-dealkylation sites (tertiary alicyclic amines) is 1. The third-order valence-electron chi connectivity index (χ3n) is 6.65. The van der Waals surface area contributed by atoms with Gasteiger partial charge in [0, 0.05) is 54.3 Å². The van der Waals surface area contributed by atoms with E-state index >= 15 is 0 Å². The molecule has 184 valence electrons. The van der Waals surface area contributed by atoms with E-state index in [1.54, 1.807) is 29.7 Å². The zero-order valence-corrected chi connectivity index (χ0v) is 20.1. The third-order valence-corrected chi connectivity index (χ3v) is 6.65. The van der Waals surface area contributed by atoms with Crippen LogP contribution in [0.3, 0.4) is 0 Å². The summed E-state index contributed by atoms with van der Waals surface area (Å²) in [5.74, 6) is -0.276. The molecule has 5 rings (SSSR count). The number of hydrogen-bond acceptors (Lipinski definition) is 8. The predicted octanol–water partition coefficient (Wildman–Crippen LogP) is 2.72. The molecule has 4 aromatic rings. The van der Waals surface area contributed by atoms with Gasteiger partial charge in [-0.25, -0.2) is 4.98 Å². The summed E-state index contributed by atoms with van der Waals surface area (Å²) in [6, 6.07) is 7.67. The minimum atomic E-state index is -1.04. The van der Waals surface area contributed by atoms with Crippen LogP contribution in [0.4, 0.5) is 5.82 Å². The van der Waals surface area contributed by atoms with Crippen LogP contribution in [-0.4, -0.2) is 65.5 Å². The molecule has 1 aliphatic rings. The van der Waals surface area contributed by atoms with Crippen LogP contribution in [0.15, 0.2) is 49.1 Å². The van der Waals surface area contributed by atoms with Gasteiger partial charge in [-0.3, -0.25) is 19.6 Å². The number of pyridine rings is 2. The molecule has 5 heterocycles. The Bertz CT molecular complexity index is 1420. The lowest BCUT2D eigenvalue weighted by Crippen LogP contribution is -2.42. The number of hydrogen-bond donors (Lipinski definition) is 2. The fraction of sp³-hybridized carbons (Fsp3) is 0.308. The van der Waals surface area contributed by atoms with Gasteiger partial charge in [0.25, 0.3) is 5.91 Å². The Kier molecular flexibility index (Phi) is 6.19. The van der Waals surface area contributed by atoms with Crippen molar-refractivity contribution < 1.29 is 14.7 Å². The monoisotopic (exact) mass is 485 g/mol. The Labute approximate surface area is 207 Å². The van der Waals surface area contributed by atoms with Gasteiger partial charge in [0.05, 0.1) is 23.1 Å². The first-order valence-electron chi connectivity index (χ1n) is 11.9. The smallest absolute Gasteiger partial charge is 0.251 e. The van der Waals surface area contributed by atoms with Gasteiger partial charge in [0.1, 0.15) is 11.9 Å². The number of ketones is 1. The first-order chi connectivity index (χ1) is 17.3. The first kappa shape index (κ1) is 23.6. The van der Waals surface area contributed by atoms with Gasteiger partial charge in [0.15, 0.2) is 11.4 Å². The summed E-state index contributed by atoms with van der Waals surface area (Å²) in [5.41, 5.74) is 11.3. The molecule has 3 N–H and O–H groups in total. The fourth-order valence-electron chi connectivity index (χ4n) is 4.77. The van der Waals surface area contributed by atoms with Gasteiger partial charge < -0.3 is 15.7 Å². The molecule has 1 fully saturated rings. The number of carbonyl (C=O) groups excluding carboxylic acids is 2. The molecule has 1 saturated heterocycles. The predicted molar refractivity (Wildman–Crippen MR) is 134 cm³/mol. The molecule has 36 heavy (non-hydrogen) atoms. The number of aromatic nitrogens is 5. The maximum absolute atomic E-state index is 12.6. The topological polar surface area (TPSA) is 140 Å². The fourth-order valence-corrected chi connectivity index (χ4v) is 4.77.